The third kappa shape index (κ3) is 6.26. The average Bonchev–Trinajstić information content (AvgIpc) is 2.88. The molecular formula is C19H28FIN4O. The fourth-order valence-electron chi connectivity index (χ4n) is 2.41. The van der Waals surface area contributed by atoms with Crippen LogP contribution in [0, 0.1) is 19.7 Å². The van der Waals surface area contributed by atoms with Gasteiger partial charge in [0.25, 0.3) is 0 Å². The topological polar surface area (TPSA) is 62.5 Å². The summed E-state index contributed by atoms with van der Waals surface area (Å²) in [6, 6.07) is 6.70. The number of benzene rings is 1. The van der Waals surface area contributed by atoms with E-state index in [1.54, 1.807) is 12.1 Å². The molecule has 0 amide bonds. The molecule has 0 fully saturated rings. The summed E-state index contributed by atoms with van der Waals surface area (Å²) in [6.07, 6.45) is 0. The number of guanidine groups is 1. The predicted octanol–water partition coefficient (Wildman–Crippen LogP) is 4.08. The average molecular weight is 474 g/mol. The lowest BCUT2D eigenvalue weighted by Crippen LogP contribution is -2.43. The number of hydrogen-bond acceptors (Lipinski definition) is 3. The predicted molar refractivity (Wildman–Crippen MR) is 114 cm³/mol. The molecule has 1 aromatic carbocycles. The van der Waals surface area contributed by atoms with Gasteiger partial charge in [-0.1, -0.05) is 26.0 Å². The Kier molecular flexibility index (Phi) is 8.52. The summed E-state index contributed by atoms with van der Waals surface area (Å²) < 4.78 is 19.0. The zero-order valence-corrected chi connectivity index (χ0v) is 18.3. The Morgan fingerprint density at radius 3 is 2.58 bits per heavy atom. The van der Waals surface area contributed by atoms with Crippen molar-refractivity contribution in [3.05, 3.63) is 53.0 Å². The number of oxazole rings is 1. The van der Waals surface area contributed by atoms with Crippen molar-refractivity contribution in [2.45, 2.75) is 46.6 Å². The van der Waals surface area contributed by atoms with E-state index in [0.717, 1.165) is 23.6 Å². The van der Waals surface area contributed by atoms with E-state index in [-0.39, 0.29) is 35.2 Å². The van der Waals surface area contributed by atoms with Crippen LogP contribution in [0.5, 0.6) is 0 Å². The molecule has 7 heteroatoms. The summed E-state index contributed by atoms with van der Waals surface area (Å²) in [5, 5.41) is 6.52. The van der Waals surface area contributed by atoms with E-state index in [9.17, 15) is 4.39 Å². The van der Waals surface area contributed by atoms with Crippen molar-refractivity contribution < 1.29 is 8.81 Å². The first-order valence-electron chi connectivity index (χ1n) is 8.53. The molecule has 0 spiro atoms. The smallest absolute Gasteiger partial charge is 0.216 e. The number of rotatable bonds is 6. The number of aliphatic imine (C=N–C) groups is 1. The van der Waals surface area contributed by atoms with Gasteiger partial charge in [-0.15, -0.1) is 24.0 Å². The molecule has 1 heterocycles. The third-order valence-electron chi connectivity index (χ3n) is 4.09. The van der Waals surface area contributed by atoms with Crippen molar-refractivity contribution in [3.8, 4) is 0 Å². The molecule has 5 nitrogen and oxygen atoms in total. The lowest BCUT2D eigenvalue weighted by Gasteiger charge is -2.26. The molecular weight excluding hydrogens is 446 g/mol. The van der Waals surface area contributed by atoms with Crippen LogP contribution < -0.4 is 10.6 Å². The van der Waals surface area contributed by atoms with E-state index in [1.165, 1.54) is 6.07 Å². The molecule has 2 aromatic rings. The summed E-state index contributed by atoms with van der Waals surface area (Å²) in [5.74, 6) is 1.87. The molecule has 2 rings (SSSR count). The van der Waals surface area contributed by atoms with Crippen LogP contribution >= 0.6 is 24.0 Å². The minimum atomic E-state index is -0.242. The molecule has 0 aliphatic rings. The fourth-order valence-corrected chi connectivity index (χ4v) is 2.41. The number of aromatic nitrogens is 1. The highest BCUT2D eigenvalue weighted by molar-refractivity contribution is 14.0. The van der Waals surface area contributed by atoms with Gasteiger partial charge in [0.05, 0.1) is 5.69 Å². The van der Waals surface area contributed by atoms with Crippen molar-refractivity contribution in [1.82, 2.24) is 15.6 Å². The minimum absolute atomic E-state index is 0. The summed E-state index contributed by atoms with van der Waals surface area (Å²) in [6.45, 7) is 11.7. The minimum Gasteiger partial charge on any atom is -0.444 e. The number of nitrogens with zero attached hydrogens (tertiary/aromatic N) is 2. The quantitative estimate of drug-likeness (QED) is 0.376. The third-order valence-corrected chi connectivity index (χ3v) is 4.09. The van der Waals surface area contributed by atoms with Crippen LogP contribution in [-0.4, -0.2) is 24.0 Å². The molecule has 0 atom stereocenters. The number of halogens is 2. The Morgan fingerprint density at radius 2 is 2.00 bits per heavy atom. The van der Waals surface area contributed by atoms with Gasteiger partial charge < -0.3 is 15.1 Å². The second-order valence-corrected chi connectivity index (χ2v) is 6.69. The van der Waals surface area contributed by atoms with Crippen LogP contribution in [0.4, 0.5) is 4.39 Å². The highest BCUT2D eigenvalue weighted by Gasteiger charge is 2.21. The molecule has 0 saturated carbocycles. The van der Waals surface area contributed by atoms with E-state index < -0.39 is 0 Å². The SMILES string of the molecule is CCNC(=NCc1nc(C)c(C)o1)NCC(C)(C)c1cccc(F)c1.I. The van der Waals surface area contributed by atoms with Crippen LogP contribution in [0.15, 0.2) is 33.7 Å². The van der Waals surface area contributed by atoms with E-state index in [2.05, 4.69) is 34.5 Å². The lowest BCUT2D eigenvalue weighted by molar-refractivity contribution is 0.471. The van der Waals surface area contributed by atoms with Crippen LogP contribution in [0.3, 0.4) is 0 Å². The second kappa shape index (κ2) is 9.89. The molecule has 0 unspecified atom stereocenters. The molecule has 0 aliphatic heterocycles. The summed E-state index contributed by atoms with van der Waals surface area (Å²) >= 11 is 0. The maximum Gasteiger partial charge on any atom is 0.216 e. The van der Waals surface area contributed by atoms with Crippen LogP contribution in [0.25, 0.3) is 0 Å². The van der Waals surface area contributed by atoms with Crippen LogP contribution in [-0.2, 0) is 12.0 Å². The zero-order valence-electron chi connectivity index (χ0n) is 16.0. The van der Waals surface area contributed by atoms with Crippen molar-refractivity contribution in [2.24, 2.45) is 4.99 Å². The zero-order chi connectivity index (χ0) is 18.4. The summed E-state index contributed by atoms with van der Waals surface area (Å²) in [4.78, 5) is 8.85. The second-order valence-electron chi connectivity index (χ2n) is 6.69. The molecule has 0 aliphatic carbocycles. The first-order chi connectivity index (χ1) is 11.8. The number of aryl methyl sites for hydroxylation is 2. The van der Waals surface area contributed by atoms with Gasteiger partial charge in [-0.2, -0.15) is 0 Å². The first-order valence-corrected chi connectivity index (χ1v) is 8.53. The summed E-state index contributed by atoms with van der Waals surface area (Å²) in [5.41, 5.74) is 1.58. The normalized spacial score (nSPS) is 11.8. The largest absolute Gasteiger partial charge is 0.444 e. The molecule has 0 bridgehead atoms. The van der Waals surface area contributed by atoms with Gasteiger partial charge in [0.1, 0.15) is 18.1 Å². The van der Waals surface area contributed by atoms with Gasteiger partial charge in [-0.3, -0.25) is 0 Å². The van der Waals surface area contributed by atoms with E-state index in [4.69, 9.17) is 4.42 Å². The van der Waals surface area contributed by atoms with E-state index in [0.29, 0.717) is 24.9 Å². The van der Waals surface area contributed by atoms with Crippen molar-refractivity contribution in [3.63, 3.8) is 0 Å². The molecule has 0 radical (unpaired) electrons. The number of hydrogen-bond donors (Lipinski definition) is 2. The Labute approximate surface area is 171 Å². The Morgan fingerprint density at radius 1 is 1.27 bits per heavy atom. The van der Waals surface area contributed by atoms with Crippen molar-refractivity contribution in [1.29, 1.82) is 0 Å². The fraction of sp³-hybridized carbons (Fsp3) is 0.474. The van der Waals surface area contributed by atoms with Crippen molar-refractivity contribution in [2.75, 3.05) is 13.1 Å². The van der Waals surface area contributed by atoms with Crippen molar-refractivity contribution >= 4 is 29.9 Å². The van der Waals surface area contributed by atoms with Gasteiger partial charge in [0, 0.05) is 18.5 Å². The first kappa shape index (κ1) is 22.4. The van der Waals surface area contributed by atoms with Gasteiger partial charge in [-0.05, 0) is 38.5 Å². The number of nitrogens with one attached hydrogen (secondary N) is 2. The van der Waals surface area contributed by atoms with Gasteiger partial charge in [-0.25, -0.2) is 14.4 Å². The molecule has 2 N–H and O–H groups in total. The van der Waals surface area contributed by atoms with Gasteiger partial charge >= 0.3 is 0 Å². The Balaban J connectivity index is 0.00000338. The van der Waals surface area contributed by atoms with E-state index >= 15 is 0 Å². The summed E-state index contributed by atoms with van der Waals surface area (Å²) in [7, 11) is 0. The molecule has 26 heavy (non-hydrogen) atoms. The van der Waals surface area contributed by atoms with Gasteiger partial charge in [0.2, 0.25) is 5.89 Å². The Bertz CT molecular complexity index is 723. The molecule has 0 saturated heterocycles. The van der Waals surface area contributed by atoms with Crippen LogP contribution in [0.1, 0.15) is 43.7 Å². The van der Waals surface area contributed by atoms with E-state index in [1.807, 2.05) is 26.8 Å². The Hall–Kier alpha value is -1.64. The van der Waals surface area contributed by atoms with Gasteiger partial charge in [0.15, 0.2) is 5.96 Å². The molecule has 144 valence electrons. The standard InChI is InChI=1S/C19H27FN4O.HI/c1-6-21-18(22-11-17-24-13(2)14(3)25-17)23-12-19(4,5)15-8-7-9-16(20)10-15;/h7-10H,6,11-12H2,1-5H3,(H2,21,22,23);1H. The van der Waals surface area contributed by atoms with Crippen LogP contribution in [0.2, 0.25) is 0 Å². The highest BCUT2D eigenvalue weighted by Crippen LogP contribution is 2.22. The maximum absolute atomic E-state index is 13.5. The lowest BCUT2D eigenvalue weighted by atomic mass is 9.84. The monoisotopic (exact) mass is 474 g/mol. The maximum atomic E-state index is 13.5. The molecule has 1 aromatic heterocycles. The highest BCUT2D eigenvalue weighted by atomic mass is 127.